The Balaban J connectivity index is 2.35. The molecule has 0 unspecified atom stereocenters. The maximum Gasteiger partial charge on any atom is 0.417 e. The second kappa shape index (κ2) is 4.70. The number of thiophene rings is 1. The van der Waals surface area contributed by atoms with Crippen molar-refractivity contribution in [2.75, 3.05) is 5.73 Å². The van der Waals surface area contributed by atoms with Crippen LogP contribution in [0.15, 0.2) is 30.5 Å². The fourth-order valence-electron chi connectivity index (χ4n) is 2.15. The molecule has 0 saturated heterocycles. The Bertz CT molecular complexity index is 810. The number of aryl methyl sites for hydroxylation is 1. The lowest BCUT2D eigenvalue weighted by atomic mass is 10.1. The van der Waals surface area contributed by atoms with Gasteiger partial charge in [0, 0.05) is 17.3 Å². The average Bonchev–Trinajstić information content (AvgIpc) is 2.75. The van der Waals surface area contributed by atoms with Crippen LogP contribution in [-0.2, 0) is 6.18 Å². The van der Waals surface area contributed by atoms with Crippen molar-refractivity contribution in [3.8, 4) is 10.6 Å². The summed E-state index contributed by atoms with van der Waals surface area (Å²) in [5.74, 6) is 0. The topological polar surface area (TPSA) is 51.8 Å². The standard InChI is InChI=1S/C14H10F3N3S/c1-7-6-8(14(15,16)17)10-11(18)12(21-13(10)20-7)9-4-2-3-5-19-9/h2-6H,18H2,1H3. The van der Waals surface area contributed by atoms with Crippen LogP contribution in [0.5, 0.6) is 0 Å². The van der Waals surface area contributed by atoms with Crippen molar-refractivity contribution in [2.45, 2.75) is 13.1 Å². The molecule has 3 aromatic rings. The van der Waals surface area contributed by atoms with E-state index in [4.69, 9.17) is 5.73 Å². The number of hydrogen-bond donors (Lipinski definition) is 1. The van der Waals surface area contributed by atoms with Gasteiger partial charge in [-0.05, 0) is 25.1 Å². The molecule has 0 spiro atoms. The maximum atomic E-state index is 13.2. The summed E-state index contributed by atoms with van der Waals surface area (Å²) in [6, 6.07) is 6.22. The zero-order valence-electron chi connectivity index (χ0n) is 10.9. The Morgan fingerprint density at radius 2 is 2.00 bits per heavy atom. The average molecular weight is 309 g/mol. The fraction of sp³-hybridized carbons (Fsp3) is 0.143. The van der Waals surface area contributed by atoms with E-state index in [-0.39, 0.29) is 15.9 Å². The maximum absolute atomic E-state index is 13.2. The molecular weight excluding hydrogens is 299 g/mol. The molecule has 0 amide bonds. The number of hydrogen-bond acceptors (Lipinski definition) is 4. The molecule has 0 saturated carbocycles. The minimum atomic E-state index is -4.47. The Hall–Kier alpha value is -2.15. The number of nitrogens with two attached hydrogens (primary N) is 1. The van der Waals surface area contributed by atoms with E-state index in [2.05, 4.69) is 9.97 Å². The van der Waals surface area contributed by atoms with Crippen LogP contribution in [0.4, 0.5) is 18.9 Å². The van der Waals surface area contributed by atoms with Gasteiger partial charge in [0.15, 0.2) is 0 Å². The van der Waals surface area contributed by atoms with Crippen molar-refractivity contribution in [1.82, 2.24) is 9.97 Å². The van der Waals surface area contributed by atoms with E-state index in [0.717, 1.165) is 17.4 Å². The van der Waals surface area contributed by atoms with E-state index in [1.54, 1.807) is 24.4 Å². The molecule has 0 aliphatic carbocycles. The number of nitrogens with zero attached hydrogens (tertiary/aromatic N) is 2. The van der Waals surface area contributed by atoms with E-state index in [1.165, 1.54) is 6.92 Å². The monoisotopic (exact) mass is 309 g/mol. The van der Waals surface area contributed by atoms with Gasteiger partial charge >= 0.3 is 6.18 Å². The zero-order chi connectivity index (χ0) is 15.2. The molecule has 0 radical (unpaired) electrons. The van der Waals surface area contributed by atoms with Crippen LogP contribution in [0, 0.1) is 6.92 Å². The molecule has 0 bridgehead atoms. The van der Waals surface area contributed by atoms with Crippen LogP contribution in [-0.4, -0.2) is 9.97 Å². The highest BCUT2D eigenvalue weighted by Gasteiger charge is 2.35. The molecule has 3 nitrogen and oxygen atoms in total. The molecule has 2 N–H and O–H groups in total. The van der Waals surface area contributed by atoms with Crippen LogP contribution >= 0.6 is 11.3 Å². The summed E-state index contributed by atoms with van der Waals surface area (Å²) in [6.45, 7) is 1.53. The second-order valence-corrected chi connectivity index (χ2v) is 5.55. The summed E-state index contributed by atoms with van der Waals surface area (Å²) in [7, 11) is 0. The highest BCUT2D eigenvalue weighted by atomic mass is 32.1. The highest BCUT2D eigenvalue weighted by Crippen LogP contribution is 2.45. The number of halogens is 3. The molecule has 0 aliphatic heterocycles. The number of rotatable bonds is 1. The van der Waals surface area contributed by atoms with Crippen molar-refractivity contribution in [2.24, 2.45) is 0 Å². The molecule has 108 valence electrons. The van der Waals surface area contributed by atoms with Gasteiger partial charge in [-0.15, -0.1) is 11.3 Å². The Morgan fingerprint density at radius 3 is 2.62 bits per heavy atom. The van der Waals surface area contributed by atoms with Gasteiger partial charge in [0.05, 0.1) is 21.8 Å². The first-order valence-corrected chi connectivity index (χ1v) is 6.88. The number of nitrogen functional groups attached to an aromatic ring is 1. The van der Waals surface area contributed by atoms with Gasteiger partial charge in [-0.2, -0.15) is 13.2 Å². The summed E-state index contributed by atoms with van der Waals surface area (Å²) >= 11 is 1.12. The van der Waals surface area contributed by atoms with Crippen molar-refractivity contribution in [3.63, 3.8) is 0 Å². The minimum Gasteiger partial charge on any atom is -0.397 e. The van der Waals surface area contributed by atoms with Crippen LogP contribution in [0.25, 0.3) is 20.8 Å². The summed E-state index contributed by atoms with van der Waals surface area (Å²) in [4.78, 5) is 9.10. The minimum absolute atomic E-state index is 0.0428. The third-order valence-electron chi connectivity index (χ3n) is 3.03. The summed E-state index contributed by atoms with van der Waals surface area (Å²) < 4.78 is 39.6. The van der Waals surface area contributed by atoms with E-state index >= 15 is 0 Å². The second-order valence-electron chi connectivity index (χ2n) is 4.55. The Kier molecular flexibility index (Phi) is 3.09. The van der Waals surface area contributed by atoms with Gasteiger partial charge in [-0.1, -0.05) is 6.07 Å². The smallest absolute Gasteiger partial charge is 0.397 e. The van der Waals surface area contributed by atoms with Crippen molar-refractivity contribution in [1.29, 1.82) is 0 Å². The number of anilines is 1. The molecule has 0 aliphatic rings. The number of alkyl halides is 3. The van der Waals surface area contributed by atoms with Gasteiger partial charge in [0.2, 0.25) is 0 Å². The fourth-order valence-corrected chi connectivity index (χ4v) is 3.30. The van der Waals surface area contributed by atoms with Crippen molar-refractivity contribution < 1.29 is 13.2 Å². The first kappa shape index (κ1) is 13.8. The normalized spacial score (nSPS) is 12.0. The molecule has 0 aromatic carbocycles. The molecule has 0 fully saturated rings. The van der Waals surface area contributed by atoms with E-state index in [9.17, 15) is 13.2 Å². The van der Waals surface area contributed by atoms with E-state index in [0.29, 0.717) is 16.3 Å². The van der Waals surface area contributed by atoms with Gasteiger partial charge in [0.1, 0.15) is 4.83 Å². The lowest BCUT2D eigenvalue weighted by molar-refractivity contribution is -0.136. The summed E-state index contributed by atoms with van der Waals surface area (Å²) in [5.41, 5.74) is 6.13. The highest BCUT2D eigenvalue weighted by molar-refractivity contribution is 7.22. The third kappa shape index (κ3) is 2.33. The number of aromatic nitrogens is 2. The molecule has 3 rings (SSSR count). The SMILES string of the molecule is Cc1cc(C(F)(F)F)c2c(N)c(-c3ccccn3)sc2n1. The van der Waals surface area contributed by atoms with Crippen molar-refractivity contribution >= 4 is 27.2 Å². The van der Waals surface area contributed by atoms with E-state index < -0.39 is 11.7 Å². The molecule has 21 heavy (non-hydrogen) atoms. The molecule has 7 heteroatoms. The predicted octanol–water partition coefficient (Wildman–Crippen LogP) is 4.27. The Labute approximate surface area is 122 Å². The van der Waals surface area contributed by atoms with Gasteiger partial charge in [0.25, 0.3) is 0 Å². The summed E-state index contributed by atoms with van der Waals surface area (Å²) in [5, 5.41) is -0.0428. The largest absolute Gasteiger partial charge is 0.417 e. The lowest BCUT2D eigenvalue weighted by Gasteiger charge is -2.09. The van der Waals surface area contributed by atoms with Crippen LogP contribution in [0.3, 0.4) is 0 Å². The van der Waals surface area contributed by atoms with Crippen LogP contribution < -0.4 is 5.73 Å². The third-order valence-corrected chi connectivity index (χ3v) is 4.15. The zero-order valence-corrected chi connectivity index (χ0v) is 11.7. The van der Waals surface area contributed by atoms with Gasteiger partial charge < -0.3 is 5.73 Å². The number of pyridine rings is 2. The van der Waals surface area contributed by atoms with Crippen LogP contribution in [0.1, 0.15) is 11.3 Å². The van der Waals surface area contributed by atoms with E-state index in [1.807, 2.05) is 0 Å². The van der Waals surface area contributed by atoms with Crippen LogP contribution in [0.2, 0.25) is 0 Å². The lowest BCUT2D eigenvalue weighted by Crippen LogP contribution is -2.07. The van der Waals surface area contributed by atoms with Gasteiger partial charge in [-0.25, -0.2) is 4.98 Å². The first-order chi connectivity index (χ1) is 9.88. The quantitative estimate of drug-likeness (QED) is 0.730. The van der Waals surface area contributed by atoms with Gasteiger partial charge in [-0.3, -0.25) is 4.98 Å². The number of fused-ring (bicyclic) bond motifs is 1. The Morgan fingerprint density at radius 1 is 1.24 bits per heavy atom. The molecule has 0 atom stereocenters. The first-order valence-electron chi connectivity index (χ1n) is 6.06. The molecular formula is C14H10F3N3S. The summed E-state index contributed by atoms with van der Waals surface area (Å²) in [6.07, 6.45) is -2.90. The van der Waals surface area contributed by atoms with Crippen molar-refractivity contribution in [3.05, 3.63) is 41.7 Å². The molecule has 3 heterocycles. The molecule has 3 aromatic heterocycles. The predicted molar refractivity (Wildman–Crippen MR) is 77.0 cm³/mol.